The van der Waals surface area contributed by atoms with Crippen molar-refractivity contribution in [1.82, 2.24) is 0 Å². The first-order chi connectivity index (χ1) is 11.6. The number of fused-ring (bicyclic) bond motifs is 1. The van der Waals surface area contributed by atoms with Gasteiger partial charge in [0.15, 0.2) is 0 Å². The van der Waals surface area contributed by atoms with Crippen LogP contribution in [0.3, 0.4) is 0 Å². The van der Waals surface area contributed by atoms with E-state index in [4.69, 9.17) is 28.5 Å². The molecule has 0 radical (unpaired) electrons. The fourth-order valence-corrected chi connectivity index (χ4v) is 4.08. The predicted molar refractivity (Wildman–Crippen MR) is 110 cm³/mol. The van der Waals surface area contributed by atoms with E-state index in [1.807, 2.05) is 12.1 Å². The van der Waals surface area contributed by atoms with E-state index in [1.54, 1.807) is 23.5 Å². The van der Waals surface area contributed by atoms with E-state index in [0.29, 0.717) is 27.1 Å². The summed E-state index contributed by atoms with van der Waals surface area (Å²) in [5, 5.41) is 13.4. The molecule has 0 aliphatic carbocycles. The molecule has 0 atom stereocenters. The Labute approximate surface area is 160 Å². The number of hydrogen-bond acceptors (Lipinski definition) is 5. The largest absolute Gasteiger partial charge is 0.493 e. The third-order valence-electron chi connectivity index (χ3n) is 3.68. The van der Waals surface area contributed by atoms with Crippen LogP contribution in [0.5, 0.6) is 0 Å². The summed E-state index contributed by atoms with van der Waals surface area (Å²) in [5.74, 6) is 0.786. The molecule has 0 aromatic heterocycles. The van der Waals surface area contributed by atoms with Gasteiger partial charge >= 0.3 is 7.12 Å². The number of thiocarbonyl (C=S) groups is 1. The smallest absolute Gasteiger partial charge is 0.423 e. The summed E-state index contributed by atoms with van der Waals surface area (Å²) in [7, 11) is -0.967. The van der Waals surface area contributed by atoms with Crippen LogP contribution in [-0.4, -0.2) is 22.7 Å². The fourth-order valence-electron chi connectivity index (χ4n) is 2.39. The van der Waals surface area contributed by atoms with Gasteiger partial charge in [0.05, 0.1) is 17.3 Å². The summed E-state index contributed by atoms with van der Waals surface area (Å²) in [4.78, 5) is 1.25. The van der Waals surface area contributed by atoms with Crippen LogP contribution in [0.1, 0.15) is 11.1 Å². The molecule has 0 amide bonds. The van der Waals surface area contributed by atoms with Crippen LogP contribution >= 0.6 is 47.3 Å². The highest BCUT2D eigenvalue weighted by molar-refractivity contribution is 8.22. The topological polar surface area (TPSA) is 41.5 Å². The Hall–Kier alpha value is -0.695. The fraction of sp³-hybridized carbons (Fsp3) is 0.188. The van der Waals surface area contributed by atoms with Gasteiger partial charge in [-0.05, 0) is 35.6 Å². The highest BCUT2D eigenvalue weighted by Gasteiger charge is 2.31. The van der Waals surface area contributed by atoms with Crippen molar-refractivity contribution in [2.75, 3.05) is 11.6 Å². The second-order valence-corrected chi connectivity index (χ2v) is 8.12. The molecule has 1 aliphatic rings. The van der Waals surface area contributed by atoms with Gasteiger partial charge in [-0.1, -0.05) is 53.8 Å². The molecule has 24 heavy (non-hydrogen) atoms. The van der Waals surface area contributed by atoms with Crippen molar-refractivity contribution in [3.63, 3.8) is 0 Å². The minimum absolute atomic E-state index is 0.377. The van der Waals surface area contributed by atoms with Crippen LogP contribution in [0.25, 0.3) is 0 Å². The number of benzene rings is 2. The predicted octanol–water partition coefficient (Wildman–Crippen LogP) is 3.91. The molecule has 8 heteroatoms. The zero-order chi connectivity index (χ0) is 17.1. The van der Waals surface area contributed by atoms with E-state index in [1.165, 1.54) is 10.5 Å². The molecule has 1 heterocycles. The quantitative estimate of drug-likeness (QED) is 0.465. The first kappa shape index (κ1) is 18.1. The molecule has 3 nitrogen and oxygen atoms in total. The lowest BCUT2D eigenvalue weighted by atomic mass is 9.79. The molecule has 0 saturated heterocycles. The SMILES string of the molecule is CSc1ccc(CSC(=S)Nc2ccc3c(c2Cl)B(O)OC3)cc1. The van der Waals surface area contributed by atoms with Gasteiger partial charge in [-0.15, -0.1) is 11.8 Å². The van der Waals surface area contributed by atoms with Crippen molar-refractivity contribution >= 4 is 69.9 Å². The molecule has 124 valence electrons. The molecular weight excluding hydrogens is 381 g/mol. The molecule has 3 rings (SSSR count). The van der Waals surface area contributed by atoms with Crippen molar-refractivity contribution in [3.05, 3.63) is 52.5 Å². The standard InChI is InChI=1S/C16H15BClNO2S3/c1-23-12-5-2-10(3-6-12)9-24-16(22)19-13-7-4-11-8-21-17(20)14(11)15(13)18/h2-7,20H,8-9H2,1H3,(H,19,22). The Morgan fingerprint density at radius 3 is 2.79 bits per heavy atom. The zero-order valence-corrected chi connectivity index (χ0v) is 16.1. The molecule has 1 aliphatic heterocycles. The molecule has 0 saturated carbocycles. The average Bonchev–Trinajstić information content (AvgIpc) is 2.98. The maximum absolute atomic E-state index is 9.84. The summed E-state index contributed by atoms with van der Waals surface area (Å²) in [6.45, 7) is 0.377. The van der Waals surface area contributed by atoms with Crippen LogP contribution in [-0.2, 0) is 17.0 Å². The minimum atomic E-state index is -0.967. The van der Waals surface area contributed by atoms with E-state index in [0.717, 1.165) is 11.3 Å². The summed E-state index contributed by atoms with van der Waals surface area (Å²) >= 11 is 15.0. The van der Waals surface area contributed by atoms with Gasteiger partial charge in [-0.2, -0.15) is 0 Å². The average molecular weight is 396 g/mol. The van der Waals surface area contributed by atoms with E-state index in [9.17, 15) is 5.02 Å². The Bertz CT molecular complexity index is 758. The minimum Gasteiger partial charge on any atom is -0.423 e. The molecule has 2 N–H and O–H groups in total. The van der Waals surface area contributed by atoms with Gasteiger partial charge in [-0.3, -0.25) is 0 Å². The van der Waals surface area contributed by atoms with Crippen LogP contribution in [0.2, 0.25) is 5.02 Å². The summed E-state index contributed by atoms with van der Waals surface area (Å²) in [6.07, 6.45) is 2.06. The van der Waals surface area contributed by atoms with Gasteiger partial charge in [0.25, 0.3) is 0 Å². The Morgan fingerprint density at radius 1 is 1.33 bits per heavy atom. The highest BCUT2D eigenvalue weighted by Crippen LogP contribution is 2.27. The molecular formula is C16H15BClNO2S3. The van der Waals surface area contributed by atoms with Gasteiger partial charge in [0.2, 0.25) is 0 Å². The van der Waals surface area contributed by atoms with Crippen LogP contribution < -0.4 is 10.8 Å². The number of halogens is 1. The summed E-state index contributed by atoms with van der Waals surface area (Å²) in [5.41, 5.74) is 3.44. The monoisotopic (exact) mass is 395 g/mol. The third kappa shape index (κ3) is 4.10. The molecule has 0 fully saturated rings. The second-order valence-electron chi connectivity index (χ2n) is 5.21. The maximum Gasteiger partial charge on any atom is 0.493 e. The lowest BCUT2D eigenvalue weighted by molar-refractivity contribution is 0.275. The molecule has 2 aromatic carbocycles. The van der Waals surface area contributed by atoms with Gasteiger partial charge in [0.1, 0.15) is 4.32 Å². The number of rotatable bonds is 4. The van der Waals surface area contributed by atoms with E-state index >= 15 is 0 Å². The van der Waals surface area contributed by atoms with Gasteiger partial charge < -0.3 is 15.0 Å². The Kier molecular flexibility index (Phi) is 6.13. The van der Waals surface area contributed by atoms with E-state index in [-0.39, 0.29) is 0 Å². The number of anilines is 1. The van der Waals surface area contributed by atoms with Crippen LogP contribution in [0.4, 0.5) is 5.69 Å². The number of thioether (sulfide) groups is 2. The van der Waals surface area contributed by atoms with Crippen LogP contribution in [0, 0.1) is 0 Å². The van der Waals surface area contributed by atoms with Crippen molar-refractivity contribution < 1.29 is 9.68 Å². The second kappa shape index (κ2) is 8.12. The van der Waals surface area contributed by atoms with Gasteiger partial charge in [0, 0.05) is 16.1 Å². The molecule has 0 bridgehead atoms. The summed E-state index contributed by atoms with van der Waals surface area (Å²) in [6, 6.07) is 12.2. The highest BCUT2D eigenvalue weighted by atomic mass is 35.5. The summed E-state index contributed by atoms with van der Waals surface area (Å²) < 4.78 is 5.83. The van der Waals surface area contributed by atoms with Gasteiger partial charge in [-0.25, -0.2) is 0 Å². The number of nitrogens with one attached hydrogen (secondary N) is 1. The third-order valence-corrected chi connectivity index (χ3v) is 6.13. The Balaban J connectivity index is 1.62. The lowest BCUT2D eigenvalue weighted by Crippen LogP contribution is -2.29. The van der Waals surface area contributed by atoms with Crippen molar-refractivity contribution in [1.29, 1.82) is 0 Å². The Morgan fingerprint density at radius 2 is 2.08 bits per heavy atom. The first-order valence-corrected chi connectivity index (χ1v) is 10.3. The van der Waals surface area contributed by atoms with Crippen LogP contribution in [0.15, 0.2) is 41.3 Å². The normalized spacial score (nSPS) is 13.0. The van der Waals surface area contributed by atoms with Crippen molar-refractivity contribution in [2.24, 2.45) is 0 Å². The number of hydrogen-bond donors (Lipinski definition) is 2. The molecule has 0 unspecified atom stereocenters. The first-order valence-electron chi connectivity index (χ1n) is 7.26. The van der Waals surface area contributed by atoms with E-state index in [2.05, 4.69) is 35.8 Å². The zero-order valence-electron chi connectivity index (χ0n) is 12.9. The van der Waals surface area contributed by atoms with Crippen molar-refractivity contribution in [3.8, 4) is 0 Å². The van der Waals surface area contributed by atoms with Crippen molar-refractivity contribution in [2.45, 2.75) is 17.3 Å². The maximum atomic E-state index is 9.84. The van der Waals surface area contributed by atoms with E-state index < -0.39 is 7.12 Å². The molecule has 0 spiro atoms. The lowest BCUT2D eigenvalue weighted by Gasteiger charge is -2.12. The molecule has 2 aromatic rings.